The van der Waals surface area contributed by atoms with Crippen molar-refractivity contribution in [3.05, 3.63) is 29.8 Å². The monoisotopic (exact) mass is 572 g/mol. The van der Waals surface area contributed by atoms with E-state index in [9.17, 15) is 24.9 Å². The summed E-state index contributed by atoms with van der Waals surface area (Å²) in [6.45, 7) is 19.5. The Balaban J connectivity index is 2.58. The second kappa shape index (κ2) is 10.9. The van der Waals surface area contributed by atoms with Gasteiger partial charge in [-0.2, -0.15) is 0 Å². The number of piperidine rings is 2. The molecule has 232 valence electrons. The van der Waals surface area contributed by atoms with Crippen molar-refractivity contribution >= 4 is 11.9 Å². The normalized spacial score (nSPS) is 23.8. The number of aromatic hydroxyl groups is 1. The fraction of sp³-hybridized carbons (Fsp3) is 0.765. The smallest absolute Gasteiger partial charge is 0.322 e. The van der Waals surface area contributed by atoms with Gasteiger partial charge in [-0.1, -0.05) is 31.9 Å². The van der Waals surface area contributed by atoms with Crippen molar-refractivity contribution in [1.82, 2.24) is 9.80 Å². The lowest BCUT2D eigenvalue weighted by atomic mass is 9.42. The molecule has 0 amide bonds. The van der Waals surface area contributed by atoms with Crippen LogP contribution in [0.3, 0.4) is 0 Å². The van der Waals surface area contributed by atoms with Crippen LogP contribution in [0.4, 0.5) is 0 Å². The number of hydrogen-bond acceptors (Lipinski definition) is 5. The summed E-state index contributed by atoms with van der Waals surface area (Å²) in [5.74, 6) is -2.90. The SMILES string of the molecule is CCCCC(C(=O)O)(C(=O)O)C(c1ccc(O)cc1)(C1CC(C)(C)N(C)C(C)(C)C1)C1CC(C)(C)N(C)C(C)(C)C1. The molecule has 3 N–H and O–H groups in total. The predicted molar refractivity (Wildman–Crippen MR) is 164 cm³/mol. The number of carboxylic acid groups (broad SMARTS) is 2. The van der Waals surface area contributed by atoms with Crippen LogP contribution >= 0.6 is 0 Å². The van der Waals surface area contributed by atoms with Crippen molar-refractivity contribution in [1.29, 1.82) is 0 Å². The fourth-order valence-corrected chi connectivity index (χ4v) is 9.18. The van der Waals surface area contributed by atoms with Crippen LogP contribution in [0.2, 0.25) is 0 Å². The third-order valence-electron chi connectivity index (χ3n) is 11.6. The van der Waals surface area contributed by atoms with Gasteiger partial charge in [0.25, 0.3) is 0 Å². The van der Waals surface area contributed by atoms with Gasteiger partial charge < -0.3 is 15.3 Å². The van der Waals surface area contributed by atoms with E-state index in [-0.39, 0.29) is 46.2 Å². The summed E-state index contributed by atoms with van der Waals surface area (Å²) in [5.41, 5.74) is -3.74. The van der Waals surface area contributed by atoms with Gasteiger partial charge in [-0.05, 0) is 131 Å². The third-order valence-corrected chi connectivity index (χ3v) is 11.6. The highest BCUT2D eigenvalue weighted by molar-refractivity contribution is 6.00. The van der Waals surface area contributed by atoms with Crippen LogP contribution in [0.25, 0.3) is 0 Å². The maximum absolute atomic E-state index is 13.9. The zero-order valence-electron chi connectivity index (χ0n) is 27.5. The molecular formula is C34H56N2O5. The Morgan fingerprint density at radius 1 is 0.756 bits per heavy atom. The van der Waals surface area contributed by atoms with E-state index in [1.165, 1.54) is 0 Å². The molecule has 7 nitrogen and oxygen atoms in total. The second-order valence-electron chi connectivity index (χ2n) is 15.6. The molecule has 1 aromatic carbocycles. The first-order valence-electron chi connectivity index (χ1n) is 15.4. The first-order chi connectivity index (χ1) is 18.6. The van der Waals surface area contributed by atoms with Crippen LogP contribution in [0, 0.1) is 17.3 Å². The lowest BCUT2D eigenvalue weighted by molar-refractivity contribution is -0.190. The van der Waals surface area contributed by atoms with Crippen molar-refractivity contribution in [3.63, 3.8) is 0 Å². The number of phenols is 1. The van der Waals surface area contributed by atoms with Gasteiger partial charge >= 0.3 is 11.9 Å². The summed E-state index contributed by atoms with van der Waals surface area (Å²) in [5, 5.41) is 33.0. The lowest BCUT2D eigenvalue weighted by Crippen LogP contribution is -2.71. The zero-order valence-corrected chi connectivity index (χ0v) is 27.5. The molecule has 0 aliphatic carbocycles. The number of hydrogen-bond donors (Lipinski definition) is 3. The number of benzene rings is 1. The molecule has 41 heavy (non-hydrogen) atoms. The number of phenolic OH excluding ortho intramolecular Hbond substituents is 1. The fourth-order valence-electron chi connectivity index (χ4n) is 9.18. The van der Waals surface area contributed by atoms with Gasteiger partial charge in [-0.15, -0.1) is 0 Å². The summed E-state index contributed by atoms with van der Waals surface area (Å²) in [6, 6.07) is 6.85. The van der Waals surface area contributed by atoms with E-state index >= 15 is 0 Å². The molecule has 0 spiro atoms. The summed E-state index contributed by atoms with van der Waals surface area (Å²) >= 11 is 0. The van der Waals surface area contributed by atoms with Crippen molar-refractivity contribution in [2.75, 3.05) is 14.1 Å². The maximum Gasteiger partial charge on any atom is 0.322 e. The number of nitrogens with zero attached hydrogens (tertiary/aromatic N) is 2. The Kier molecular flexibility index (Phi) is 8.84. The minimum atomic E-state index is -2.06. The highest BCUT2D eigenvalue weighted by Gasteiger charge is 2.71. The molecule has 0 saturated carbocycles. The molecule has 0 bridgehead atoms. The van der Waals surface area contributed by atoms with Gasteiger partial charge in [-0.25, -0.2) is 0 Å². The van der Waals surface area contributed by atoms with Crippen molar-refractivity contribution < 1.29 is 24.9 Å². The molecule has 3 rings (SSSR count). The molecule has 0 radical (unpaired) electrons. The van der Waals surface area contributed by atoms with Gasteiger partial charge in [0, 0.05) is 27.6 Å². The largest absolute Gasteiger partial charge is 0.508 e. The van der Waals surface area contributed by atoms with Crippen LogP contribution in [0.15, 0.2) is 24.3 Å². The zero-order chi connectivity index (χ0) is 31.4. The number of rotatable bonds is 9. The van der Waals surface area contributed by atoms with Crippen LogP contribution in [-0.2, 0) is 15.0 Å². The molecule has 0 unspecified atom stereocenters. The number of aliphatic carboxylic acids is 2. The van der Waals surface area contributed by atoms with Crippen LogP contribution in [0.1, 0.15) is 113 Å². The molecule has 7 heteroatoms. The second-order valence-corrected chi connectivity index (χ2v) is 15.6. The minimum Gasteiger partial charge on any atom is -0.508 e. The predicted octanol–water partition coefficient (Wildman–Crippen LogP) is 6.77. The van der Waals surface area contributed by atoms with E-state index < -0.39 is 22.8 Å². The summed E-state index contributed by atoms with van der Waals surface area (Å²) in [6.07, 6.45) is 3.89. The van der Waals surface area contributed by atoms with Crippen LogP contribution in [0.5, 0.6) is 5.75 Å². The Bertz CT molecular complexity index is 1030. The highest BCUT2D eigenvalue weighted by Crippen LogP contribution is 2.65. The van der Waals surface area contributed by atoms with E-state index in [4.69, 9.17) is 0 Å². The average molecular weight is 573 g/mol. The van der Waals surface area contributed by atoms with Gasteiger partial charge in [0.1, 0.15) is 5.75 Å². The summed E-state index contributed by atoms with van der Waals surface area (Å²) in [4.78, 5) is 32.5. The molecule has 1 aromatic rings. The van der Waals surface area contributed by atoms with Crippen molar-refractivity contribution in [2.24, 2.45) is 17.3 Å². The van der Waals surface area contributed by atoms with Gasteiger partial charge in [0.2, 0.25) is 0 Å². The molecule has 2 fully saturated rings. The van der Waals surface area contributed by atoms with Crippen molar-refractivity contribution in [2.45, 2.75) is 135 Å². The molecule has 0 atom stereocenters. The highest BCUT2D eigenvalue weighted by atomic mass is 16.4. The van der Waals surface area contributed by atoms with E-state index in [1.807, 2.05) is 19.1 Å². The number of unbranched alkanes of at least 4 members (excludes halogenated alkanes) is 1. The van der Waals surface area contributed by atoms with E-state index in [1.54, 1.807) is 12.1 Å². The molecule has 2 saturated heterocycles. The Morgan fingerprint density at radius 2 is 1.10 bits per heavy atom. The van der Waals surface area contributed by atoms with Gasteiger partial charge in [0.05, 0.1) is 0 Å². The lowest BCUT2D eigenvalue weighted by Gasteiger charge is -2.66. The standard InChI is InChI=1S/C34H56N2O5/c1-12-13-18-33(27(38)39,28(40)41)34(23-14-16-26(37)17-15-23,24-19-29(2,3)35(10)30(4,5)20-24)25-21-31(6,7)36(11)32(8,9)22-25/h14-17,24-25,37H,12-13,18-22H2,1-11H3,(H,38,39)(H,40,41). The summed E-state index contributed by atoms with van der Waals surface area (Å²) < 4.78 is 0. The topological polar surface area (TPSA) is 101 Å². The van der Waals surface area contributed by atoms with Gasteiger partial charge in [0.15, 0.2) is 5.41 Å². The van der Waals surface area contributed by atoms with Crippen LogP contribution < -0.4 is 0 Å². The summed E-state index contributed by atoms with van der Waals surface area (Å²) in [7, 11) is 4.25. The van der Waals surface area contributed by atoms with Gasteiger partial charge in [-0.3, -0.25) is 19.4 Å². The number of carbonyl (C=O) groups is 2. The van der Waals surface area contributed by atoms with Crippen LogP contribution in [-0.4, -0.2) is 73.3 Å². The molecule has 2 heterocycles. The first-order valence-corrected chi connectivity index (χ1v) is 15.4. The molecule has 2 aliphatic rings. The quantitative estimate of drug-likeness (QED) is 0.281. The minimum absolute atomic E-state index is 0.0510. The molecule has 2 aliphatic heterocycles. The maximum atomic E-state index is 13.9. The third kappa shape index (κ3) is 5.30. The van der Waals surface area contributed by atoms with E-state index in [0.717, 1.165) is 5.56 Å². The van der Waals surface area contributed by atoms with E-state index in [2.05, 4.69) is 79.3 Å². The first kappa shape index (κ1) is 33.4. The number of carboxylic acids is 2. The van der Waals surface area contributed by atoms with Crippen molar-refractivity contribution in [3.8, 4) is 5.75 Å². The Labute approximate surface area is 248 Å². The Morgan fingerprint density at radius 3 is 1.39 bits per heavy atom. The van der Waals surface area contributed by atoms with E-state index in [0.29, 0.717) is 38.5 Å². The average Bonchev–Trinajstić information content (AvgIpc) is 2.83. The molecular weight excluding hydrogens is 516 g/mol. The Hall–Kier alpha value is -2.12. The molecule has 0 aromatic heterocycles. The number of likely N-dealkylation sites (tertiary alicyclic amines) is 2.